The van der Waals surface area contributed by atoms with Crippen LogP contribution in [0.5, 0.6) is 0 Å². The molecule has 0 unspecified atom stereocenters. The lowest BCUT2D eigenvalue weighted by molar-refractivity contribution is -0.136. The number of amides is 1. The van der Waals surface area contributed by atoms with Gasteiger partial charge in [-0.2, -0.15) is 0 Å². The van der Waals surface area contributed by atoms with Gasteiger partial charge in [0, 0.05) is 43.5 Å². The van der Waals surface area contributed by atoms with Crippen molar-refractivity contribution in [3.05, 3.63) is 71.2 Å². The molecule has 1 aliphatic rings. The van der Waals surface area contributed by atoms with Gasteiger partial charge in [-0.25, -0.2) is 4.39 Å². The van der Waals surface area contributed by atoms with Crippen molar-refractivity contribution in [3.63, 3.8) is 0 Å². The summed E-state index contributed by atoms with van der Waals surface area (Å²) >= 11 is 0. The van der Waals surface area contributed by atoms with E-state index in [2.05, 4.69) is 42.1 Å². The van der Waals surface area contributed by atoms with Crippen molar-refractivity contribution in [2.45, 2.75) is 20.5 Å². The minimum atomic E-state index is -0.305. The first-order valence-corrected chi connectivity index (χ1v) is 10.4. The quantitative estimate of drug-likeness (QED) is 0.601. The molecule has 3 aromatic rings. The minimum Gasteiger partial charge on any atom is -0.368 e. The van der Waals surface area contributed by atoms with Gasteiger partial charge in [0.2, 0.25) is 5.91 Å². The van der Waals surface area contributed by atoms with Gasteiger partial charge >= 0.3 is 0 Å². The Labute approximate surface area is 181 Å². The number of aryl methyl sites for hydroxylation is 1. The monoisotopic (exact) mass is 423 g/mol. The number of piperazine rings is 1. The molecule has 2 heterocycles. The van der Waals surface area contributed by atoms with E-state index in [1.807, 2.05) is 4.90 Å². The Morgan fingerprint density at radius 3 is 2.58 bits per heavy atom. The van der Waals surface area contributed by atoms with Crippen LogP contribution in [0.4, 0.5) is 10.1 Å². The fraction of sp³-hybridized carbons (Fsp3) is 0.333. The Morgan fingerprint density at radius 2 is 1.84 bits per heavy atom. The number of anilines is 1. The Bertz CT molecular complexity index is 1040. The number of hydrogen-bond donors (Lipinski definition) is 0. The molecule has 7 heteroatoms. The highest BCUT2D eigenvalue weighted by Gasteiger charge is 2.22. The lowest BCUT2D eigenvalue weighted by atomic mass is 10.1. The highest BCUT2D eigenvalue weighted by Crippen LogP contribution is 2.24. The molecule has 0 spiro atoms. The van der Waals surface area contributed by atoms with E-state index in [1.165, 1.54) is 28.9 Å². The number of aromatic nitrogens is 1. The summed E-state index contributed by atoms with van der Waals surface area (Å²) in [5.74, 6) is 0.204. The third-order valence-electron chi connectivity index (χ3n) is 5.71. The van der Waals surface area contributed by atoms with Crippen LogP contribution in [0.2, 0.25) is 0 Å². The van der Waals surface area contributed by atoms with Crippen molar-refractivity contribution in [3.8, 4) is 11.3 Å². The van der Waals surface area contributed by atoms with Gasteiger partial charge in [-0.3, -0.25) is 4.79 Å². The molecule has 0 radical (unpaired) electrons. The number of nitrogens with zero attached hydrogens (tertiary/aromatic N) is 3. The molecule has 0 saturated carbocycles. The number of rotatable bonds is 6. The molecule has 1 amide bonds. The van der Waals surface area contributed by atoms with E-state index >= 15 is 0 Å². The number of hydrogen-bond acceptors (Lipinski definition) is 5. The van der Waals surface area contributed by atoms with Crippen LogP contribution in [0, 0.1) is 19.7 Å². The van der Waals surface area contributed by atoms with Gasteiger partial charge in [0.25, 0.3) is 0 Å². The molecule has 0 bridgehead atoms. The topological polar surface area (TPSA) is 58.8 Å². The van der Waals surface area contributed by atoms with Gasteiger partial charge in [-0.15, -0.1) is 0 Å². The third-order valence-corrected chi connectivity index (χ3v) is 5.71. The predicted octanol–water partition coefficient (Wildman–Crippen LogP) is 3.96. The first-order valence-electron chi connectivity index (χ1n) is 10.4. The summed E-state index contributed by atoms with van der Waals surface area (Å²) in [4.78, 5) is 16.7. The second kappa shape index (κ2) is 9.31. The zero-order chi connectivity index (χ0) is 21.8. The summed E-state index contributed by atoms with van der Waals surface area (Å²) < 4.78 is 23.9. The van der Waals surface area contributed by atoms with Crippen LogP contribution in [0.3, 0.4) is 0 Å². The van der Waals surface area contributed by atoms with Crippen LogP contribution in [-0.2, 0) is 16.1 Å². The molecule has 31 heavy (non-hydrogen) atoms. The van der Waals surface area contributed by atoms with Gasteiger partial charge < -0.3 is 19.1 Å². The molecule has 4 rings (SSSR count). The molecule has 1 saturated heterocycles. The van der Waals surface area contributed by atoms with Gasteiger partial charge in [0.1, 0.15) is 18.1 Å². The van der Waals surface area contributed by atoms with Crippen LogP contribution < -0.4 is 4.90 Å². The molecule has 1 aliphatic heterocycles. The number of halogens is 1. The van der Waals surface area contributed by atoms with Crippen molar-refractivity contribution in [1.82, 2.24) is 10.1 Å². The Hall–Kier alpha value is -3.19. The largest absolute Gasteiger partial charge is 0.368 e. The smallest absolute Gasteiger partial charge is 0.248 e. The third kappa shape index (κ3) is 4.94. The summed E-state index contributed by atoms with van der Waals surface area (Å²) in [5, 5.41) is 3.96. The predicted molar refractivity (Wildman–Crippen MR) is 116 cm³/mol. The maximum atomic E-state index is 13.0. The second-order valence-corrected chi connectivity index (χ2v) is 7.77. The van der Waals surface area contributed by atoms with Crippen molar-refractivity contribution >= 4 is 11.6 Å². The second-order valence-electron chi connectivity index (χ2n) is 7.77. The van der Waals surface area contributed by atoms with E-state index in [1.54, 1.807) is 18.2 Å². The molecule has 1 fully saturated rings. The van der Waals surface area contributed by atoms with Crippen molar-refractivity contribution < 1.29 is 18.4 Å². The van der Waals surface area contributed by atoms with Crippen LogP contribution in [-0.4, -0.2) is 48.7 Å². The fourth-order valence-electron chi connectivity index (χ4n) is 3.74. The zero-order valence-corrected chi connectivity index (χ0v) is 17.8. The van der Waals surface area contributed by atoms with Crippen molar-refractivity contribution in [1.29, 1.82) is 0 Å². The van der Waals surface area contributed by atoms with Crippen LogP contribution >= 0.6 is 0 Å². The minimum absolute atomic E-state index is 0.00220. The van der Waals surface area contributed by atoms with E-state index in [4.69, 9.17) is 9.26 Å². The molecular weight excluding hydrogens is 397 g/mol. The van der Waals surface area contributed by atoms with Crippen LogP contribution in [0.25, 0.3) is 11.3 Å². The fourth-order valence-corrected chi connectivity index (χ4v) is 3.74. The van der Waals surface area contributed by atoms with Gasteiger partial charge in [-0.05, 0) is 55.3 Å². The molecule has 2 aromatic carbocycles. The number of benzene rings is 2. The van der Waals surface area contributed by atoms with Crippen molar-refractivity contribution in [2.24, 2.45) is 0 Å². The summed E-state index contributed by atoms with van der Waals surface area (Å²) in [7, 11) is 0. The molecule has 1 aromatic heterocycles. The molecule has 162 valence electrons. The SMILES string of the molecule is Cc1cccc(N2CCN(C(=O)COCc3cc(-c4ccc(F)cc4)on3)CC2)c1C. The normalized spacial score (nSPS) is 14.2. The average molecular weight is 423 g/mol. The molecule has 6 nitrogen and oxygen atoms in total. The van der Waals surface area contributed by atoms with E-state index in [0.29, 0.717) is 24.5 Å². The zero-order valence-electron chi connectivity index (χ0n) is 17.8. The van der Waals surface area contributed by atoms with Crippen LogP contribution in [0.15, 0.2) is 53.1 Å². The molecule has 0 N–H and O–H groups in total. The first-order chi connectivity index (χ1) is 15.0. The maximum Gasteiger partial charge on any atom is 0.248 e. The lowest BCUT2D eigenvalue weighted by Gasteiger charge is -2.37. The Morgan fingerprint density at radius 1 is 1.10 bits per heavy atom. The molecular formula is C24H26FN3O3. The summed E-state index contributed by atoms with van der Waals surface area (Å²) in [6.07, 6.45) is 0. The Balaban J connectivity index is 1.24. The van der Waals surface area contributed by atoms with E-state index in [0.717, 1.165) is 18.7 Å². The van der Waals surface area contributed by atoms with E-state index in [-0.39, 0.29) is 24.9 Å². The highest BCUT2D eigenvalue weighted by molar-refractivity contribution is 5.77. The van der Waals surface area contributed by atoms with Gasteiger partial charge in [-0.1, -0.05) is 17.3 Å². The molecule has 0 atom stereocenters. The number of carbonyl (C=O) groups excluding carboxylic acids is 1. The molecule has 0 aliphatic carbocycles. The maximum absolute atomic E-state index is 13.0. The highest BCUT2D eigenvalue weighted by atomic mass is 19.1. The Kier molecular flexibility index (Phi) is 6.32. The van der Waals surface area contributed by atoms with Crippen LogP contribution in [0.1, 0.15) is 16.8 Å². The first kappa shape index (κ1) is 21.1. The van der Waals surface area contributed by atoms with Crippen molar-refractivity contribution in [2.75, 3.05) is 37.7 Å². The summed E-state index contributed by atoms with van der Waals surface area (Å²) in [5.41, 5.74) is 5.13. The number of ether oxygens (including phenoxy) is 1. The lowest BCUT2D eigenvalue weighted by Crippen LogP contribution is -2.50. The van der Waals surface area contributed by atoms with Gasteiger partial charge in [0.15, 0.2) is 5.76 Å². The van der Waals surface area contributed by atoms with Gasteiger partial charge in [0.05, 0.1) is 6.61 Å². The standard InChI is InChI=1S/C24H26FN3O3/c1-17-4-3-5-22(18(17)2)27-10-12-28(13-11-27)24(29)16-30-15-21-14-23(31-26-21)19-6-8-20(25)9-7-19/h3-9,14H,10-13,15-16H2,1-2H3. The number of carbonyl (C=O) groups is 1. The summed E-state index contributed by atoms with van der Waals surface area (Å²) in [6, 6.07) is 14.1. The van der Waals surface area contributed by atoms with E-state index in [9.17, 15) is 9.18 Å². The average Bonchev–Trinajstić information content (AvgIpc) is 3.25. The summed E-state index contributed by atoms with van der Waals surface area (Å²) in [6.45, 7) is 7.40. The van der Waals surface area contributed by atoms with E-state index < -0.39 is 0 Å².